The van der Waals surface area contributed by atoms with Gasteiger partial charge in [0.2, 0.25) is 0 Å². The molecule has 5 nitrogen and oxygen atoms in total. The highest BCUT2D eigenvalue weighted by molar-refractivity contribution is 5.31. The van der Waals surface area contributed by atoms with Gasteiger partial charge in [-0.3, -0.25) is 0 Å². The zero-order valence-corrected chi connectivity index (χ0v) is 14.2. The minimum Gasteiger partial charge on any atom is -0.494 e. The van der Waals surface area contributed by atoms with Crippen LogP contribution in [-0.4, -0.2) is 57.2 Å². The summed E-state index contributed by atoms with van der Waals surface area (Å²) in [5, 5.41) is 0. The largest absolute Gasteiger partial charge is 0.494 e. The third kappa shape index (κ3) is 4.45. The molecule has 0 spiro atoms. The number of ether oxygens (including phenoxy) is 3. The molecule has 134 valence electrons. The highest BCUT2D eigenvalue weighted by Crippen LogP contribution is 2.30. The molecule has 3 rings (SSSR count). The Hall–Kier alpha value is -1.21. The van der Waals surface area contributed by atoms with Crippen LogP contribution >= 0.6 is 0 Å². The van der Waals surface area contributed by atoms with Crippen molar-refractivity contribution in [3.63, 3.8) is 0 Å². The van der Waals surface area contributed by atoms with E-state index in [9.17, 15) is 4.39 Å². The maximum absolute atomic E-state index is 14.0. The predicted molar refractivity (Wildman–Crippen MR) is 89.7 cm³/mol. The maximum Gasteiger partial charge on any atom is 0.165 e. The van der Waals surface area contributed by atoms with Crippen LogP contribution in [0.4, 0.5) is 4.39 Å². The van der Waals surface area contributed by atoms with E-state index in [1.54, 1.807) is 12.1 Å². The number of benzene rings is 1. The lowest BCUT2D eigenvalue weighted by atomic mass is 9.90. The Morgan fingerprint density at radius 2 is 2.17 bits per heavy atom. The predicted octanol–water partition coefficient (Wildman–Crippen LogP) is 2.10. The van der Waals surface area contributed by atoms with Crippen LogP contribution in [0.5, 0.6) is 5.75 Å². The minimum atomic E-state index is -0.292. The summed E-state index contributed by atoms with van der Waals surface area (Å²) in [5.74, 6) is 0.342. The van der Waals surface area contributed by atoms with Crippen molar-refractivity contribution in [2.24, 2.45) is 5.73 Å². The van der Waals surface area contributed by atoms with Gasteiger partial charge in [0, 0.05) is 25.6 Å². The zero-order chi connectivity index (χ0) is 16.9. The summed E-state index contributed by atoms with van der Waals surface area (Å²) in [6, 6.07) is 5.31. The molecule has 2 atom stereocenters. The summed E-state index contributed by atoms with van der Waals surface area (Å²) in [4.78, 5) is 2.37. The van der Waals surface area contributed by atoms with E-state index in [0.29, 0.717) is 24.9 Å². The molecule has 2 aliphatic rings. The summed E-state index contributed by atoms with van der Waals surface area (Å²) in [5.41, 5.74) is 7.29. The first-order valence-corrected chi connectivity index (χ1v) is 8.70. The summed E-state index contributed by atoms with van der Waals surface area (Å²) in [6.45, 7) is 4.08. The minimum absolute atomic E-state index is 0.0273. The third-order valence-corrected chi connectivity index (χ3v) is 4.83. The molecule has 2 N–H and O–H groups in total. The Morgan fingerprint density at radius 3 is 2.88 bits per heavy atom. The molecule has 0 amide bonds. The van der Waals surface area contributed by atoms with Gasteiger partial charge >= 0.3 is 0 Å². The van der Waals surface area contributed by atoms with Gasteiger partial charge in [-0.05, 0) is 43.0 Å². The summed E-state index contributed by atoms with van der Waals surface area (Å²) >= 11 is 0. The Labute approximate surface area is 142 Å². The molecule has 1 aromatic carbocycles. The number of hydrogen-bond acceptors (Lipinski definition) is 5. The van der Waals surface area contributed by atoms with E-state index < -0.39 is 0 Å². The van der Waals surface area contributed by atoms with E-state index in [-0.39, 0.29) is 18.1 Å². The van der Waals surface area contributed by atoms with E-state index in [1.165, 1.54) is 7.11 Å². The van der Waals surface area contributed by atoms with Crippen molar-refractivity contribution in [1.29, 1.82) is 0 Å². The van der Waals surface area contributed by atoms with Crippen LogP contribution in [0.1, 0.15) is 30.7 Å². The number of rotatable bonds is 6. The molecule has 2 saturated heterocycles. The molecule has 2 heterocycles. The number of hydrogen-bond donors (Lipinski definition) is 1. The molecule has 24 heavy (non-hydrogen) atoms. The Balaban J connectivity index is 1.54. The molecule has 2 aliphatic heterocycles. The average molecular weight is 338 g/mol. The first-order chi connectivity index (χ1) is 11.7. The zero-order valence-electron chi connectivity index (χ0n) is 14.2. The quantitative estimate of drug-likeness (QED) is 0.861. The van der Waals surface area contributed by atoms with Gasteiger partial charge in [0.25, 0.3) is 0 Å². The second-order valence-corrected chi connectivity index (χ2v) is 6.66. The summed E-state index contributed by atoms with van der Waals surface area (Å²) in [7, 11) is 1.49. The topological polar surface area (TPSA) is 57.0 Å². The number of nitrogens with two attached hydrogens (primary N) is 1. The molecule has 0 bridgehead atoms. The molecule has 0 saturated carbocycles. The standard InChI is InChI=1S/C18H27FN2O3/c1-22-17-5-4-13(9-16(17)19)14-3-2-6-21(11-14)12-15(20)10-18-23-7-8-24-18/h4-5,9,14-15,18H,2-3,6-8,10-12,20H2,1H3. The van der Waals surface area contributed by atoms with Gasteiger partial charge in [-0.25, -0.2) is 4.39 Å². The molecular formula is C18H27FN2O3. The fraction of sp³-hybridized carbons (Fsp3) is 0.667. The average Bonchev–Trinajstić information content (AvgIpc) is 3.07. The molecule has 0 aromatic heterocycles. The number of likely N-dealkylation sites (tertiary alicyclic amines) is 1. The normalized spacial score (nSPS) is 24.2. The molecule has 2 unspecified atom stereocenters. The van der Waals surface area contributed by atoms with Gasteiger partial charge in [0.05, 0.1) is 20.3 Å². The highest BCUT2D eigenvalue weighted by Gasteiger charge is 2.25. The van der Waals surface area contributed by atoms with Crippen LogP contribution in [-0.2, 0) is 9.47 Å². The first kappa shape index (κ1) is 17.6. The van der Waals surface area contributed by atoms with E-state index in [0.717, 1.165) is 44.5 Å². The van der Waals surface area contributed by atoms with Crippen molar-refractivity contribution in [3.8, 4) is 5.75 Å². The number of nitrogens with zero attached hydrogens (tertiary/aromatic N) is 1. The van der Waals surface area contributed by atoms with Crippen LogP contribution in [0.25, 0.3) is 0 Å². The fourth-order valence-corrected chi connectivity index (χ4v) is 3.63. The van der Waals surface area contributed by atoms with Crippen molar-refractivity contribution < 1.29 is 18.6 Å². The van der Waals surface area contributed by atoms with Gasteiger partial charge in [0.15, 0.2) is 17.9 Å². The van der Waals surface area contributed by atoms with Crippen LogP contribution < -0.4 is 10.5 Å². The second kappa shape index (κ2) is 8.25. The molecule has 2 fully saturated rings. The Kier molecular flexibility index (Phi) is 6.05. The Bertz CT molecular complexity index is 537. The molecule has 0 aliphatic carbocycles. The van der Waals surface area contributed by atoms with Crippen LogP contribution in [0.15, 0.2) is 18.2 Å². The molecule has 1 aromatic rings. The van der Waals surface area contributed by atoms with E-state index >= 15 is 0 Å². The van der Waals surface area contributed by atoms with Crippen molar-refractivity contribution >= 4 is 0 Å². The van der Waals surface area contributed by atoms with Crippen LogP contribution in [0.2, 0.25) is 0 Å². The molecule has 6 heteroatoms. The number of methoxy groups -OCH3 is 1. The number of halogens is 1. The summed E-state index contributed by atoms with van der Waals surface area (Å²) in [6.07, 6.45) is 2.74. The summed E-state index contributed by atoms with van der Waals surface area (Å²) < 4.78 is 29.9. The highest BCUT2D eigenvalue weighted by atomic mass is 19.1. The smallest absolute Gasteiger partial charge is 0.165 e. The maximum atomic E-state index is 14.0. The second-order valence-electron chi connectivity index (χ2n) is 6.66. The van der Waals surface area contributed by atoms with Gasteiger partial charge in [-0.2, -0.15) is 0 Å². The van der Waals surface area contributed by atoms with Crippen molar-refractivity contribution in [3.05, 3.63) is 29.6 Å². The SMILES string of the molecule is COc1ccc(C2CCCN(CC(N)CC3OCCO3)C2)cc1F. The Morgan fingerprint density at radius 1 is 1.38 bits per heavy atom. The number of piperidine rings is 1. The van der Waals surface area contributed by atoms with Gasteiger partial charge in [-0.15, -0.1) is 0 Å². The van der Waals surface area contributed by atoms with Gasteiger partial charge in [-0.1, -0.05) is 6.07 Å². The lowest BCUT2D eigenvalue weighted by Crippen LogP contribution is -2.43. The van der Waals surface area contributed by atoms with E-state index in [1.807, 2.05) is 6.07 Å². The monoisotopic (exact) mass is 338 g/mol. The molecular weight excluding hydrogens is 311 g/mol. The lowest BCUT2D eigenvalue weighted by Gasteiger charge is -2.34. The van der Waals surface area contributed by atoms with E-state index in [4.69, 9.17) is 19.9 Å². The van der Waals surface area contributed by atoms with Crippen molar-refractivity contribution in [1.82, 2.24) is 4.90 Å². The lowest BCUT2D eigenvalue weighted by molar-refractivity contribution is -0.0523. The van der Waals surface area contributed by atoms with Crippen LogP contribution in [0, 0.1) is 5.82 Å². The first-order valence-electron chi connectivity index (χ1n) is 8.70. The van der Waals surface area contributed by atoms with Crippen molar-refractivity contribution in [2.45, 2.75) is 37.5 Å². The third-order valence-electron chi connectivity index (χ3n) is 4.83. The van der Waals surface area contributed by atoms with Gasteiger partial charge < -0.3 is 24.8 Å². The fourth-order valence-electron chi connectivity index (χ4n) is 3.63. The van der Waals surface area contributed by atoms with E-state index in [2.05, 4.69) is 4.90 Å². The van der Waals surface area contributed by atoms with Crippen molar-refractivity contribution in [2.75, 3.05) is 40.0 Å². The molecule has 0 radical (unpaired) electrons. The van der Waals surface area contributed by atoms with Crippen LogP contribution in [0.3, 0.4) is 0 Å². The van der Waals surface area contributed by atoms with Gasteiger partial charge in [0.1, 0.15) is 0 Å².